The van der Waals surface area contributed by atoms with Gasteiger partial charge in [0.15, 0.2) is 0 Å². The van der Waals surface area contributed by atoms with Crippen molar-refractivity contribution < 1.29 is 13.2 Å². The monoisotopic (exact) mass is 270 g/mol. The molecule has 1 heterocycles. The average Bonchev–Trinajstić information content (AvgIpc) is 2.90. The summed E-state index contributed by atoms with van der Waals surface area (Å²) >= 11 is 0. The van der Waals surface area contributed by atoms with Gasteiger partial charge in [-0.2, -0.15) is 0 Å². The van der Waals surface area contributed by atoms with Gasteiger partial charge in [-0.05, 0) is 50.7 Å². The molecule has 0 spiro atoms. The van der Waals surface area contributed by atoms with Crippen molar-refractivity contribution in [2.75, 3.05) is 20.2 Å². The molecule has 6 heteroatoms. The van der Waals surface area contributed by atoms with Crippen LogP contribution in [0, 0.1) is 0 Å². The van der Waals surface area contributed by atoms with Crippen molar-refractivity contribution in [2.24, 2.45) is 0 Å². The fourth-order valence-corrected chi connectivity index (χ4v) is 2.66. The van der Waals surface area contributed by atoms with Crippen molar-refractivity contribution in [1.29, 1.82) is 0 Å². The molecule has 1 aliphatic rings. The summed E-state index contributed by atoms with van der Waals surface area (Å²) in [5.41, 5.74) is 0. The van der Waals surface area contributed by atoms with Gasteiger partial charge in [-0.15, -0.1) is 0 Å². The van der Waals surface area contributed by atoms with Gasteiger partial charge in [0.25, 0.3) is 0 Å². The maximum Gasteiger partial charge on any atom is 0.240 e. The Bertz CT molecular complexity index is 479. The molecule has 0 saturated carbocycles. The van der Waals surface area contributed by atoms with Crippen molar-refractivity contribution >= 4 is 10.0 Å². The van der Waals surface area contributed by atoms with Gasteiger partial charge in [0.2, 0.25) is 10.0 Å². The van der Waals surface area contributed by atoms with Gasteiger partial charge in [0.1, 0.15) is 12.4 Å². The minimum Gasteiger partial charge on any atom is -0.492 e. The third-order valence-corrected chi connectivity index (χ3v) is 4.45. The van der Waals surface area contributed by atoms with E-state index in [2.05, 4.69) is 10.0 Å². The van der Waals surface area contributed by atoms with Gasteiger partial charge in [-0.1, -0.05) is 0 Å². The number of rotatable bonds is 5. The minimum absolute atomic E-state index is 0.247. The van der Waals surface area contributed by atoms with Crippen LogP contribution in [-0.2, 0) is 10.0 Å². The Morgan fingerprint density at radius 1 is 1.39 bits per heavy atom. The standard InChI is InChI=1S/C12H18N2O3S/c1-13-18(15,16)12-6-4-11(5-7-12)17-9-10-3-2-8-14-10/h4-7,10,13-14H,2-3,8-9H2,1H3. The number of benzene rings is 1. The van der Waals surface area contributed by atoms with Crippen molar-refractivity contribution in [3.63, 3.8) is 0 Å². The van der Waals surface area contributed by atoms with Crippen LogP contribution in [0.15, 0.2) is 29.2 Å². The van der Waals surface area contributed by atoms with Crippen molar-refractivity contribution in [3.8, 4) is 5.75 Å². The van der Waals surface area contributed by atoms with Gasteiger partial charge in [0.05, 0.1) is 4.90 Å². The van der Waals surface area contributed by atoms with Gasteiger partial charge in [0, 0.05) is 6.04 Å². The molecular formula is C12H18N2O3S. The van der Waals surface area contributed by atoms with E-state index < -0.39 is 10.0 Å². The summed E-state index contributed by atoms with van der Waals surface area (Å²) in [7, 11) is -1.97. The molecule has 0 bridgehead atoms. The van der Waals surface area contributed by atoms with Crippen LogP contribution < -0.4 is 14.8 Å². The summed E-state index contributed by atoms with van der Waals surface area (Å²) < 4.78 is 30.9. The van der Waals surface area contributed by atoms with Gasteiger partial charge in [-0.25, -0.2) is 13.1 Å². The SMILES string of the molecule is CNS(=O)(=O)c1ccc(OCC2CCCN2)cc1. The molecule has 1 aromatic rings. The van der Waals surface area contributed by atoms with E-state index in [1.165, 1.54) is 13.5 Å². The lowest BCUT2D eigenvalue weighted by Gasteiger charge is -2.12. The van der Waals surface area contributed by atoms with Crippen LogP contribution in [0.2, 0.25) is 0 Å². The summed E-state index contributed by atoms with van der Waals surface area (Å²) in [5.74, 6) is 0.693. The average molecular weight is 270 g/mol. The molecule has 1 atom stereocenters. The minimum atomic E-state index is -3.36. The van der Waals surface area contributed by atoms with Crippen molar-refractivity contribution in [1.82, 2.24) is 10.0 Å². The van der Waals surface area contributed by atoms with Crippen LogP contribution in [0.1, 0.15) is 12.8 Å². The van der Waals surface area contributed by atoms with Crippen LogP contribution in [0.25, 0.3) is 0 Å². The van der Waals surface area contributed by atoms with E-state index in [0.717, 1.165) is 13.0 Å². The third-order valence-electron chi connectivity index (χ3n) is 3.02. The Kier molecular flexibility index (Phi) is 4.21. The quantitative estimate of drug-likeness (QED) is 0.827. The Labute approximate surface area is 108 Å². The van der Waals surface area contributed by atoms with Crippen molar-refractivity contribution in [2.45, 2.75) is 23.8 Å². The molecular weight excluding hydrogens is 252 g/mol. The summed E-state index contributed by atoms with van der Waals surface area (Å²) in [6, 6.07) is 6.86. The summed E-state index contributed by atoms with van der Waals surface area (Å²) in [5, 5.41) is 3.34. The van der Waals surface area contributed by atoms with Crippen molar-refractivity contribution in [3.05, 3.63) is 24.3 Å². The van der Waals surface area contributed by atoms with Crippen LogP contribution in [-0.4, -0.2) is 34.7 Å². The number of hydrogen-bond acceptors (Lipinski definition) is 4. The van der Waals surface area contributed by atoms with E-state index in [9.17, 15) is 8.42 Å². The molecule has 1 fully saturated rings. The highest BCUT2D eigenvalue weighted by Crippen LogP contribution is 2.16. The van der Waals surface area contributed by atoms with E-state index in [0.29, 0.717) is 18.4 Å². The molecule has 1 aromatic carbocycles. The first-order valence-corrected chi connectivity index (χ1v) is 7.50. The topological polar surface area (TPSA) is 67.4 Å². The summed E-state index contributed by atoms with van der Waals surface area (Å²) in [6.45, 7) is 1.67. The molecule has 0 amide bonds. The Hall–Kier alpha value is -1.11. The highest BCUT2D eigenvalue weighted by molar-refractivity contribution is 7.89. The maximum atomic E-state index is 11.5. The Balaban J connectivity index is 1.95. The fraction of sp³-hybridized carbons (Fsp3) is 0.500. The molecule has 2 rings (SSSR count). The van der Waals surface area contributed by atoms with Crippen LogP contribution >= 0.6 is 0 Å². The number of nitrogens with one attached hydrogen (secondary N) is 2. The lowest BCUT2D eigenvalue weighted by atomic mass is 10.2. The molecule has 0 aliphatic carbocycles. The smallest absolute Gasteiger partial charge is 0.240 e. The first-order chi connectivity index (χ1) is 8.62. The first kappa shape index (κ1) is 13.3. The summed E-state index contributed by atoms with van der Waals surface area (Å²) in [6.07, 6.45) is 2.32. The highest BCUT2D eigenvalue weighted by Gasteiger charge is 2.15. The van der Waals surface area contributed by atoms with E-state index in [1.807, 2.05) is 0 Å². The predicted octanol–water partition coefficient (Wildman–Crippen LogP) is 0.725. The predicted molar refractivity (Wildman–Crippen MR) is 69.2 cm³/mol. The molecule has 18 heavy (non-hydrogen) atoms. The fourth-order valence-electron chi connectivity index (χ4n) is 1.93. The largest absolute Gasteiger partial charge is 0.492 e. The van der Waals surface area contributed by atoms with Gasteiger partial charge >= 0.3 is 0 Å². The van der Waals surface area contributed by atoms with E-state index in [1.54, 1.807) is 24.3 Å². The summed E-state index contributed by atoms with van der Waals surface area (Å²) in [4.78, 5) is 0.247. The Morgan fingerprint density at radius 3 is 2.67 bits per heavy atom. The van der Waals surface area contributed by atoms with E-state index >= 15 is 0 Å². The molecule has 1 aliphatic heterocycles. The molecule has 1 saturated heterocycles. The van der Waals surface area contributed by atoms with E-state index in [-0.39, 0.29) is 4.90 Å². The van der Waals surface area contributed by atoms with Crippen LogP contribution in [0.5, 0.6) is 5.75 Å². The zero-order valence-corrected chi connectivity index (χ0v) is 11.2. The molecule has 1 unspecified atom stereocenters. The van der Waals surface area contributed by atoms with Gasteiger partial charge < -0.3 is 10.1 Å². The number of hydrogen-bond donors (Lipinski definition) is 2. The second-order valence-electron chi connectivity index (χ2n) is 4.28. The molecule has 0 radical (unpaired) electrons. The second-order valence-corrected chi connectivity index (χ2v) is 6.17. The van der Waals surface area contributed by atoms with Crippen LogP contribution in [0.3, 0.4) is 0 Å². The normalized spacial score (nSPS) is 19.9. The Morgan fingerprint density at radius 2 is 2.11 bits per heavy atom. The van der Waals surface area contributed by atoms with E-state index in [4.69, 9.17) is 4.74 Å². The highest BCUT2D eigenvalue weighted by atomic mass is 32.2. The molecule has 0 aromatic heterocycles. The lowest BCUT2D eigenvalue weighted by Crippen LogP contribution is -2.28. The molecule has 2 N–H and O–H groups in total. The third kappa shape index (κ3) is 3.22. The molecule has 5 nitrogen and oxygen atoms in total. The zero-order valence-electron chi connectivity index (χ0n) is 10.3. The first-order valence-electron chi connectivity index (χ1n) is 6.01. The second kappa shape index (κ2) is 5.69. The van der Waals surface area contributed by atoms with Crippen LogP contribution in [0.4, 0.5) is 0 Å². The lowest BCUT2D eigenvalue weighted by molar-refractivity contribution is 0.277. The number of ether oxygens (including phenoxy) is 1. The zero-order chi connectivity index (χ0) is 13.0. The number of sulfonamides is 1. The maximum absolute atomic E-state index is 11.5. The molecule has 100 valence electrons. The van der Waals surface area contributed by atoms with Gasteiger partial charge in [-0.3, -0.25) is 0 Å².